The Hall–Kier alpha value is -0.580. The Morgan fingerprint density at radius 3 is 2.71 bits per heavy atom. The van der Waals surface area contributed by atoms with E-state index < -0.39 is 0 Å². The Kier molecular flexibility index (Phi) is 6.52. The maximum Gasteiger partial charge on any atom is 0.123 e. The monoisotopic (exact) mass is 310 g/mol. The van der Waals surface area contributed by atoms with Gasteiger partial charge in [0, 0.05) is 36.2 Å². The first-order valence-corrected chi connectivity index (χ1v) is 9.01. The number of nitrogens with one attached hydrogen (secondary N) is 1. The van der Waals surface area contributed by atoms with Gasteiger partial charge < -0.3 is 5.32 Å². The first kappa shape index (κ1) is 16.8. The van der Waals surface area contributed by atoms with Crippen molar-refractivity contribution in [2.24, 2.45) is 0 Å². The van der Waals surface area contributed by atoms with Crippen LogP contribution in [-0.2, 0) is 0 Å². The van der Waals surface area contributed by atoms with Gasteiger partial charge in [0.15, 0.2) is 0 Å². The Balaban J connectivity index is 1.95. The summed E-state index contributed by atoms with van der Waals surface area (Å²) in [6.45, 7) is 9.99. The van der Waals surface area contributed by atoms with E-state index in [4.69, 9.17) is 0 Å². The fourth-order valence-electron chi connectivity index (χ4n) is 2.93. The SMILES string of the molecule is CCNC(CCN1CCSC(C)C1C)c1ccc(F)cc1. The van der Waals surface area contributed by atoms with Crippen molar-refractivity contribution in [1.82, 2.24) is 10.2 Å². The molecule has 1 aliphatic heterocycles. The standard InChI is InChI=1S/C17H27FN2S/c1-4-19-17(15-5-7-16(18)8-6-15)9-10-20-11-12-21-14(3)13(20)2/h5-8,13-14,17,19H,4,9-12H2,1-3H3. The molecular formula is C17H27FN2S. The molecule has 0 amide bonds. The van der Waals surface area contributed by atoms with Crippen LogP contribution >= 0.6 is 11.8 Å². The topological polar surface area (TPSA) is 15.3 Å². The van der Waals surface area contributed by atoms with Crippen molar-refractivity contribution in [2.75, 3.05) is 25.4 Å². The van der Waals surface area contributed by atoms with Crippen LogP contribution in [0.4, 0.5) is 4.39 Å². The summed E-state index contributed by atoms with van der Waals surface area (Å²) in [6, 6.07) is 7.87. The highest BCUT2D eigenvalue weighted by atomic mass is 32.2. The third-order valence-corrected chi connectivity index (χ3v) is 5.78. The molecule has 1 aromatic rings. The lowest BCUT2D eigenvalue weighted by Gasteiger charge is -2.38. The van der Waals surface area contributed by atoms with Gasteiger partial charge in [-0.2, -0.15) is 11.8 Å². The van der Waals surface area contributed by atoms with Crippen molar-refractivity contribution in [3.8, 4) is 0 Å². The van der Waals surface area contributed by atoms with Crippen LogP contribution in [-0.4, -0.2) is 41.6 Å². The zero-order valence-corrected chi connectivity index (χ0v) is 14.1. The second-order valence-corrected chi connectivity index (χ2v) is 7.29. The van der Waals surface area contributed by atoms with Gasteiger partial charge in [-0.25, -0.2) is 4.39 Å². The van der Waals surface area contributed by atoms with E-state index in [1.165, 1.54) is 17.9 Å². The molecule has 0 aromatic heterocycles. The van der Waals surface area contributed by atoms with E-state index in [1.54, 1.807) is 12.1 Å². The second kappa shape index (κ2) is 8.16. The molecule has 4 heteroatoms. The molecule has 0 saturated carbocycles. The first-order valence-electron chi connectivity index (χ1n) is 7.96. The maximum atomic E-state index is 13.1. The summed E-state index contributed by atoms with van der Waals surface area (Å²) >= 11 is 2.07. The number of halogens is 1. The summed E-state index contributed by atoms with van der Waals surface area (Å²) < 4.78 is 13.1. The summed E-state index contributed by atoms with van der Waals surface area (Å²) in [5.41, 5.74) is 1.19. The smallest absolute Gasteiger partial charge is 0.123 e. The number of thioether (sulfide) groups is 1. The van der Waals surface area contributed by atoms with Gasteiger partial charge in [-0.15, -0.1) is 0 Å². The van der Waals surface area contributed by atoms with E-state index in [0.717, 1.165) is 19.5 Å². The number of rotatable bonds is 6. The Morgan fingerprint density at radius 2 is 2.05 bits per heavy atom. The quantitative estimate of drug-likeness (QED) is 0.862. The Labute approximate surface area is 132 Å². The number of hydrogen-bond acceptors (Lipinski definition) is 3. The van der Waals surface area contributed by atoms with E-state index in [2.05, 4.69) is 42.7 Å². The van der Waals surface area contributed by atoms with E-state index in [1.807, 2.05) is 12.1 Å². The molecule has 2 nitrogen and oxygen atoms in total. The molecule has 2 rings (SSSR count). The number of nitrogens with zero attached hydrogens (tertiary/aromatic N) is 1. The van der Waals surface area contributed by atoms with Gasteiger partial charge in [-0.05, 0) is 37.6 Å². The normalized spacial score (nSPS) is 25.0. The van der Waals surface area contributed by atoms with Crippen molar-refractivity contribution in [3.63, 3.8) is 0 Å². The first-order chi connectivity index (χ1) is 10.1. The highest BCUT2D eigenvalue weighted by Crippen LogP contribution is 2.26. The lowest BCUT2D eigenvalue weighted by Crippen LogP contribution is -2.45. The molecule has 0 aliphatic carbocycles. The number of benzene rings is 1. The van der Waals surface area contributed by atoms with E-state index in [9.17, 15) is 4.39 Å². The van der Waals surface area contributed by atoms with Crippen LogP contribution in [0.5, 0.6) is 0 Å². The molecule has 1 fully saturated rings. The fourth-order valence-corrected chi connectivity index (χ4v) is 4.10. The number of hydrogen-bond donors (Lipinski definition) is 1. The van der Waals surface area contributed by atoms with E-state index >= 15 is 0 Å². The van der Waals surface area contributed by atoms with Gasteiger partial charge in [-0.3, -0.25) is 4.90 Å². The fraction of sp³-hybridized carbons (Fsp3) is 0.647. The van der Waals surface area contributed by atoms with Gasteiger partial charge >= 0.3 is 0 Å². The van der Waals surface area contributed by atoms with Crippen molar-refractivity contribution < 1.29 is 4.39 Å². The van der Waals surface area contributed by atoms with Gasteiger partial charge in [0.2, 0.25) is 0 Å². The minimum absolute atomic E-state index is 0.162. The molecule has 3 unspecified atom stereocenters. The largest absolute Gasteiger partial charge is 0.310 e. The highest BCUT2D eigenvalue weighted by Gasteiger charge is 2.25. The summed E-state index contributed by atoms with van der Waals surface area (Å²) in [7, 11) is 0. The average Bonchev–Trinajstić information content (AvgIpc) is 2.48. The highest BCUT2D eigenvalue weighted by molar-refractivity contribution is 8.00. The summed E-state index contributed by atoms with van der Waals surface area (Å²) in [6.07, 6.45) is 1.07. The predicted molar refractivity (Wildman–Crippen MR) is 90.4 cm³/mol. The van der Waals surface area contributed by atoms with Crippen molar-refractivity contribution >= 4 is 11.8 Å². The van der Waals surface area contributed by atoms with E-state index in [0.29, 0.717) is 17.3 Å². The van der Waals surface area contributed by atoms with Gasteiger partial charge in [-0.1, -0.05) is 26.0 Å². The average molecular weight is 310 g/mol. The summed E-state index contributed by atoms with van der Waals surface area (Å²) in [5.74, 6) is 1.07. The molecule has 1 N–H and O–H groups in total. The van der Waals surface area contributed by atoms with Crippen molar-refractivity contribution in [2.45, 2.75) is 44.5 Å². The Bertz CT molecular complexity index is 423. The molecular weight excluding hydrogens is 283 g/mol. The lowest BCUT2D eigenvalue weighted by atomic mass is 10.0. The molecule has 1 heterocycles. The zero-order chi connectivity index (χ0) is 15.2. The van der Waals surface area contributed by atoms with Gasteiger partial charge in [0.05, 0.1) is 0 Å². The molecule has 21 heavy (non-hydrogen) atoms. The molecule has 1 aliphatic rings. The lowest BCUT2D eigenvalue weighted by molar-refractivity contribution is 0.202. The van der Waals surface area contributed by atoms with Crippen LogP contribution in [0.15, 0.2) is 24.3 Å². The maximum absolute atomic E-state index is 13.1. The van der Waals surface area contributed by atoms with Crippen molar-refractivity contribution in [1.29, 1.82) is 0 Å². The Morgan fingerprint density at radius 1 is 1.33 bits per heavy atom. The molecule has 0 radical (unpaired) electrons. The minimum atomic E-state index is -0.162. The third-order valence-electron chi connectivity index (χ3n) is 4.44. The minimum Gasteiger partial charge on any atom is -0.310 e. The molecule has 0 bridgehead atoms. The molecule has 1 aromatic carbocycles. The van der Waals surface area contributed by atoms with E-state index in [-0.39, 0.29) is 5.82 Å². The summed E-state index contributed by atoms with van der Waals surface area (Å²) in [5, 5.41) is 4.24. The van der Waals surface area contributed by atoms with Crippen LogP contribution in [0, 0.1) is 5.82 Å². The van der Waals surface area contributed by atoms with Crippen LogP contribution in [0.2, 0.25) is 0 Å². The summed E-state index contributed by atoms with van der Waals surface area (Å²) in [4.78, 5) is 2.59. The molecule has 0 spiro atoms. The molecule has 1 saturated heterocycles. The van der Waals surface area contributed by atoms with Crippen molar-refractivity contribution in [3.05, 3.63) is 35.6 Å². The van der Waals surface area contributed by atoms with Gasteiger partial charge in [0.1, 0.15) is 5.82 Å². The molecule has 118 valence electrons. The van der Waals surface area contributed by atoms with Gasteiger partial charge in [0.25, 0.3) is 0 Å². The predicted octanol–water partition coefficient (Wildman–Crippen LogP) is 3.69. The second-order valence-electron chi connectivity index (χ2n) is 5.80. The zero-order valence-electron chi connectivity index (χ0n) is 13.3. The third kappa shape index (κ3) is 4.70. The van der Waals surface area contributed by atoms with Crippen LogP contribution in [0.3, 0.4) is 0 Å². The van der Waals surface area contributed by atoms with Crippen LogP contribution in [0.1, 0.15) is 38.8 Å². The molecule has 3 atom stereocenters. The van der Waals surface area contributed by atoms with Crippen LogP contribution < -0.4 is 5.32 Å². The van der Waals surface area contributed by atoms with Crippen LogP contribution in [0.25, 0.3) is 0 Å².